The third-order valence-corrected chi connectivity index (χ3v) is 6.54. The van der Waals surface area contributed by atoms with Crippen LogP contribution in [0.1, 0.15) is 18.4 Å². The Kier molecular flexibility index (Phi) is 7.29. The Morgan fingerprint density at radius 2 is 2.09 bits per heavy atom. The van der Waals surface area contributed by atoms with Gasteiger partial charge in [0.1, 0.15) is 6.04 Å². The molecule has 2 amide bonds. The molecule has 5 N–H and O–H groups in total. The van der Waals surface area contributed by atoms with Gasteiger partial charge in [-0.05, 0) is 36.6 Å². The second-order valence-corrected chi connectivity index (χ2v) is 9.57. The molecule has 0 saturated carbocycles. The van der Waals surface area contributed by atoms with Crippen LogP contribution in [0.15, 0.2) is 40.8 Å². The van der Waals surface area contributed by atoms with Gasteiger partial charge in [0.2, 0.25) is 28.1 Å². The van der Waals surface area contributed by atoms with Gasteiger partial charge in [-0.3, -0.25) is 14.4 Å². The molecule has 2 aliphatic rings. The van der Waals surface area contributed by atoms with E-state index in [0.29, 0.717) is 5.57 Å². The molecule has 2 heterocycles. The molecule has 12 heteroatoms. The van der Waals surface area contributed by atoms with Gasteiger partial charge in [-0.2, -0.15) is 0 Å². The van der Waals surface area contributed by atoms with Crippen LogP contribution in [0.25, 0.3) is 0 Å². The quantitative estimate of drug-likeness (QED) is 0.278. The second kappa shape index (κ2) is 9.77. The van der Waals surface area contributed by atoms with E-state index in [1.165, 1.54) is 11.0 Å². The highest BCUT2D eigenvalue weighted by Crippen LogP contribution is 2.15. The summed E-state index contributed by atoms with van der Waals surface area (Å²) in [5.41, 5.74) is 7.27. The van der Waals surface area contributed by atoms with Crippen LogP contribution >= 0.6 is 0 Å². The molecule has 0 aromatic heterocycles. The Balaban J connectivity index is 1.63. The van der Waals surface area contributed by atoms with E-state index in [1.54, 1.807) is 31.2 Å². The van der Waals surface area contributed by atoms with Gasteiger partial charge in [-0.15, -0.1) is 0 Å². The SMILES string of the molecule is Cc1cccc(S(=O)(=O)NCC2=CCC(N)C(=O)N(CC(=O)NC3CC(=O)OC3O)C2)c1. The zero-order valence-electron chi connectivity index (χ0n) is 17.5. The first-order valence-corrected chi connectivity index (χ1v) is 11.5. The molecule has 3 unspecified atom stereocenters. The van der Waals surface area contributed by atoms with Crippen molar-refractivity contribution in [1.82, 2.24) is 14.9 Å². The number of nitrogens with zero attached hydrogens (tertiary/aromatic N) is 1. The number of cyclic esters (lactones) is 1. The van der Waals surface area contributed by atoms with Crippen LogP contribution in [0.4, 0.5) is 0 Å². The van der Waals surface area contributed by atoms with Crippen molar-refractivity contribution in [1.29, 1.82) is 0 Å². The van der Waals surface area contributed by atoms with Crippen molar-refractivity contribution < 1.29 is 32.6 Å². The number of nitrogens with two attached hydrogens (primary N) is 1. The van der Waals surface area contributed by atoms with Crippen molar-refractivity contribution in [2.24, 2.45) is 5.73 Å². The molecule has 1 aromatic rings. The molecule has 3 atom stereocenters. The van der Waals surface area contributed by atoms with Gasteiger partial charge in [0.15, 0.2) is 0 Å². The first kappa shape index (κ1) is 23.9. The molecule has 0 aliphatic carbocycles. The van der Waals surface area contributed by atoms with Crippen LogP contribution in [0.3, 0.4) is 0 Å². The monoisotopic (exact) mass is 466 g/mol. The Morgan fingerprint density at radius 1 is 1.34 bits per heavy atom. The number of carbonyl (C=O) groups excluding carboxylic acids is 3. The molecular weight excluding hydrogens is 440 g/mol. The summed E-state index contributed by atoms with van der Waals surface area (Å²) in [5.74, 6) is -1.71. The standard InChI is InChI=1S/C20H26N4O7S/c1-12-3-2-4-14(7-12)32(29,30)22-9-13-5-6-15(21)19(27)24(10-13)11-17(25)23-16-8-18(26)31-20(16)28/h2-5,7,15-16,20,22,28H,6,8-11,21H2,1H3,(H,23,25). The third kappa shape index (κ3) is 5.91. The fourth-order valence-electron chi connectivity index (χ4n) is 3.43. The maximum atomic E-state index is 12.6. The Hall–Kier alpha value is -2.80. The van der Waals surface area contributed by atoms with Crippen LogP contribution < -0.4 is 15.8 Å². The summed E-state index contributed by atoms with van der Waals surface area (Å²) in [6, 6.07) is 4.68. The zero-order chi connectivity index (χ0) is 23.5. The number of hydrogen-bond acceptors (Lipinski definition) is 8. The molecule has 1 aromatic carbocycles. The molecule has 0 radical (unpaired) electrons. The first-order chi connectivity index (χ1) is 15.0. The highest BCUT2D eigenvalue weighted by molar-refractivity contribution is 7.89. The van der Waals surface area contributed by atoms with Crippen LogP contribution in [0.5, 0.6) is 0 Å². The number of hydrogen-bond donors (Lipinski definition) is 4. The van der Waals surface area contributed by atoms with Crippen molar-refractivity contribution in [3.05, 3.63) is 41.5 Å². The highest BCUT2D eigenvalue weighted by Gasteiger charge is 2.35. The lowest BCUT2D eigenvalue weighted by molar-refractivity contribution is -0.155. The average Bonchev–Trinajstić information content (AvgIpc) is 2.97. The van der Waals surface area contributed by atoms with E-state index in [2.05, 4.69) is 14.8 Å². The van der Waals surface area contributed by atoms with Gasteiger partial charge in [0.25, 0.3) is 0 Å². The van der Waals surface area contributed by atoms with Crippen LogP contribution in [-0.4, -0.2) is 74.2 Å². The summed E-state index contributed by atoms with van der Waals surface area (Å²) in [6.45, 7) is 1.36. The minimum Gasteiger partial charge on any atom is -0.434 e. The van der Waals surface area contributed by atoms with Crippen molar-refractivity contribution in [3.8, 4) is 0 Å². The van der Waals surface area contributed by atoms with E-state index in [1.807, 2.05) is 0 Å². The molecule has 32 heavy (non-hydrogen) atoms. The molecule has 174 valence electrons. The molecule has 2 aliphatic heterocycles. The van der Waals surface area contributed by atoms with Crippen molar-refractivity contribution in [2.75, 3.05) is 19.6 Å². The zero-order valence-corrected chi connectivity index (χ0v) is 18.3. The topological polar surface area (TPSA) is 168 Å². The van der Waals surface area contributed by atoms with Crippen LogP contribution in [-0.2, 0) is 29.1 Å². The van der Waals surface area contributed by atoms with Crippen LogP contribution in [0.2, 0.25) is 0 Å². The van der Waals surface area contributed by atoms with Crippen molar-refractivity contribution >= 4 is 27.8 Å². The van der Waals surface area contributed by atoms with E-state index < -0.39 is 46.2 Å². The fourth-order valence-corrected chi connectivity index (χ4v) is 4.57. The number of rotatable bonds is 7. The summed E-state index contributed by atoms with van der Waals surface area (Å²) in [5, 5.41) is 12.1. The highest BCUT2D eigenvalue weighted by atomic mass is 32.2. The van der Waals surface area contributed by atoms with Gasteiger partial charge in [0.05, 0.1) is 23.9 Å². The Bertz CT molecular complexity index is 1040. The van der Waals surface area contributed by atoms with Crippen LogP contribution in [0, 0.1) is 6.92 Å². The Labute approximate surface area is 185 Å². The number of sulfonamides is 1. The van der Waals surface area contributed by atoms with Gasteiger partial charge in [-0.25, -0.2) is 13.1 Å². The Morgan fingerprint density at radius 3 is 2.75 bits per heavy atom. The lowest BCUT2D eigenvalue weighted by Gasteiger charge is -2.24. The number of benzene rings is 1. The van der Waals surface area contributed by atoms with E-state index in [9.17, 15) is 27.9 Å². The predicted molar refractivity (Wildman–Crippen MR) is 112 cm³/mol. The lowest BCUT2D eigenvalue weighted by atomic mass is 10.2. The number of nitrogens with one attached hydrogen (secondary N) is 2. The smallest absolute Gasteiger partial charge is 0.310 e. The van der Waals surface area contributed by atoms with Gasteiger partial charge < -0.3 is 25.8 Å². The first-order valence-electron chi connectivity index (χ1n) is 10.0. The normalized spacial score (nSPS) is 24.0. The lowest BCUT2D eigenvalue weighted by Crippen LogP contribution is -2.50. The molecule has 11 nitrogen and oxygen atoms in total. The maximum Gasteiger partial charge on any atom is 0.310 e. The van der Waals surface area contributed by atoms with E-state index in [4.69, 9.17) is 5.73 Å². The number of esters is 1. The van der Waals surface area contributed by atoms with Crippen molar-refractivity contribution in [3.63, 3.8) is 0 Å². The molecular formula is C20H26N4O7S. The molecule has 1 saturated heterocycles. The van der Waals surface area contributed by atoms with E-state index in [-0.39, 0.29) is 37.4 Å². The van der Waals surface area contributed by atoms with Crippen molar-refractivity contribution in [2.45, 2.75) is 43.0 Å². The molecule has 1 fully saturated rings. The number of carbonyl (C=O) groups is 3. The second-order valence-electron chi connectivity index (χ2n) is 7.80. The largest absolute Gasteiger partial charge is 0.434 e. The number of ether oxygens (including phenoxy) is 1. The molecule has 3 rings (SSSR count). The minimum absolute atomic E-state index is 0.00105. The number of amides is 2. The van der Waals surface area contributed by atoms with Gasteiger partial charge >= 0.3 is 5.97 Å². The number of aliphatic hydroxyl groups is 1. The summed E-state index contributed by atoms with van der Waals surface area (Å²) in [4.78, 5) is 37.5. The third-order valence-electron chi connectivity index (χ3n) is 5.14. The summed E-state index contributed by atoms with van der Waals surface area (Å²) >= 11 is 0. The van der Waals surface area contributed by atoms with Gasteiger partial charge in [-0.1, -0.05) is 18.2 Å². The summed E-state index contributed by atoms with van der Waals surface area (Å²) in [6.07, 6.45) is 0.265. The fraction of sp³-hybridized carbons (Fsp3) is 0.450. The number of aliphatic hydroxyl groups excluding tert-OH is 1. The maximum absolute atomic E-state index is 12.6. The predicted octanol–water partition coefficient (Wildman–Crippen LogP) is -1.49. The van der Waals surface area contributed by atoms with Gasteiger partial charge in [0, 0.05) is 13.1 Å². The minimum atomic E-state index is -3.77. The summed E-state index contributed by atoms with van der Waals surface area (Å²) < 4.78 is 32.2. The average molecular weight is 467 g/mol. The van der Waals surface area contributed by atoms with E-state index in [0.717, 1.165) is 5.56 Å². The molecule has 0 bridgehead atoms. The number of aryl methyl sites for hydroxylation is 1. The molecule has 0 spiro atoms. The summed E-state index contributed by atoms with van der Waals surface area (Å²) in [7, 11) is -3.77. The van der Waals surface area contributed by atoms with E-state index >= 15 is 0 Å².